The number of hydrogen-bond donors (Lipinski definition) is 1. The van der Waals surface area contributed by atoms with E-state index in [1.807, 2.05) is 6.92 Å². The fourth-order valence-corrected chi connectivity index (χ4v) is 0.987. The van der Waals surface area contributed by atoms with E-state index in [0.717, 1.165) is 6.54 Å². The molecule has 1 N–H and O–H groups in total. The lowest BCUT2D eigenvalue weighted by Gasteiger charge is -2.08. The van der Waals surface area contributed by atoms with Gasteiger partial charge >= 0.3 is 0 Å². The van der Waals surface area contributed by atoms with E-state index < -0.39 is 0 Å². The molecule has 0 aromatic heterocycles. The van der Waals surface area contributed by atoms with Crippen molar-refractivity contribution in [3.05, 3.63) is 0 Å². The Labute approximate surface area is 60.4 Å². The second-order valence-corrected chi connectivity index (χ2v) is 2.18. The van der Waals surface area contributed by atoms with Crippen molar-refractivity contribution in [3.8, 4) is 0 Å². The zero-order valence-electron chi connectivity index (χ0n) is 4.95. The Bertz CT molecular complexity index is 45.7. The third-order valence-corrected chi connectivity index (χ3v) is 1.61. The monoisotopic (exact) mass is 155 g/mol. The maximum absolute atomic E-state index is 5.50. The molecule has 0 unspecified atom stereocenters. The molecule has 0 amide bonds. The normalized spacial score (nSPS) is 10.5. The minimum atomic E-state index is 0.281. The van der Waals surface area contributed by atoms with Gasteiger partial charge in [0.2, 0.25) is 0 Å². The van der Waals surface area contributed by atoms with Crippen LogP contribution in [0.25, 0.3) is 0 Å². The van der Waals surface area contributed by atoms with Crippen molar-refractivity contribution in [2.24, 2.45) is 0 Å². The van der Waals surface area contributed by atoms with E-state index in [1.165, 1.54) is 0 Å². The van der Waals surface area contributed by atoms with Gasteiger partial charge in [0.1, 0.15) is 0 Å². The summed E-state index contributed by atoms with van der Waals surface area (Å²) in [7, 11) is 0. The molecular formula is C5H11Cl2N. The van der Waals surface area contributed by atoms with Crippen molar-refractivity contribution >= 4 is 23.2 Å². The first kappa shape index (κ1) is 8.54. The van der Waals surface area contributed by atoms with Gasteiger partial charge in [-0.15, -0.1) is 23.2 Å². The maximum Gasteiger partial charge on any atom is 0.0389 e. The van der Waals surface area contributed by atoms with Crippen molar-refractivity contribution in [1.29, 1.82) is 0 Å². The zero-order chi connectivity index (χ0) is 6.41. The number of nitrogens with one attached hydrogen (secondary N) is 1. The van der Waals surface area contributed by atoms with Crippen LogP contribution in [-0.4, -0.2) is 24.3 Å². The highest BCUT2D eigenvalue weighted by molar-refractivity contribution is 6.21. The van der Waals surface area contributed by atoms with Gasteiger partial charge in [0, 0.05) is 17.8 Å². The van der Waals surface area contributed by atoms with E-state index in [9.17, 15) is 0 Å². The van der Waals surface area contributed by atoms with Crippen LogP contribution in [0.2, 0.25) is 0 Å². The van der Waals surface area contributed by atoms with Crippen LogP contribution in [0.5, 0.6) is 0 Å². The standard InChI is InChI=1S/C5H11Cl2N/c1-2-8-5(3-6)4-7/h5,8H,2-4H2,1H3. The second kappa shape index (κ2) is 5.67. The molecule has 0 aliphatic heterocycles. The van der Waals surface area contributed by atoms with Crippen LogP contribution in [0.15, 0.2) is 0 Å². The summed E-state index contributed by atoms with van der Waals surface area (Å²) in [6.07, 6.45) is 0. The predicted octanol–water partition coefficient (Wildman–Crippen LogP) is 1.44. The van der Waals surface area contributed by atoms with Crippen LogP contribution in [-0.2, 0) is 0 Å². The molecule has 0 radical (unpaired) electrons. The molecular weight excluding hydrogens is 145 g/mol. The van der Waals surface area contributed by atoms with Gasteiger partial charge in [-0.05, 0) is 6.54 Å². The molecule has 8 heavy (non-hydrogen) atoms. The fourth-order valence-electron chi connectivity index (χ4n) is 0.439. The fraction of sp³-hybridized carbons (Fsp3) is 1.00. The molecule has 0 saturated heterocycles. The predicted molar refractivity (Wildman–Crippen MR) is 38.9 cm³/mol. The molecule has 50 valence electrons. The molecule has 0 fully saturated rings. The molecule has 3 heteroatoms. The summed E-state index contributed by atoms with van der Waals surface area (Å²) in [6.45, 7) is 2.97. The van der Waals surface area contributed by atoms with Gasteiger partial charge in [-0.25, -0.2) is 0 Å². The summed E-state index contributed by atoms with van der Waals surface area (Å²) < 4.78 is 0. The van der Waals surface area contributed by atoms with Gasteiger partial charge in [-0.2, -0.15) is 0 Å². The number of alkyl halides is 2. The molecule has 0 atom stereocenters. The Morgan fingerprint density at radius 3 is 2.00 bits per heavy atom. The van der Waals surface area contributed by atoms with E-state index in [1.54, 1.807) is 0 Å². The van der Waals surface area contributed by atoms with Crippen molar-refractivity contribution in [2.75, 3.05) is 18.3 Å². The highest BCUT2D eigenvalue weighted by atomic mass is 35.5. The molecule has 0 rings (SSSR count). The highest BCUT2D eigenvalue weighted by Crippen LogP contribution is 1.90. The van der Waals surface area contributed by atoms with E-state index in [0.29, 0.717) is 11.8 Å². The van der Waals surface area contributed by atoms with Gasteiger partial charge in [0.15, 0.2) is 0 Å². The molecule has 0 heterocycles. The van der Waals surface area contributed by atoms with E-state index in [4.69, 9.17) is 23.2 Å². The first-order chi connectivity index (χ1) is 3.85. The highest BCUT2D eigenvalue weighted by Gasteiger charge is 2.00. The molecule has 0 bridgehead atoms. The first-order valence-electron chi connectivity index (χ1n) is 2.70. The number of rotatable bonds is 4. The molecule has 0 aromatic rings. The number of hydrogen-bond acceptors (Lipinski definition) is 1. The summed E-state index contributed by atoms with van der Waals surface area (Å²) in [5.74, 6) is 1.19. The van der Waals surface area contributed by atoms with E-state index in [2.05, 4.69) is 5.32 Å². The summed E-state index contributed by atoms with van der Waals surface area (Å²) in [5, 5.41) is 3.12. The molecule has 0 spiro atoms. The average molecular weight is 156 g/mol. The first-order valence-corrected chi connectivity index (χ1v) is 3.77. The van der Waals surface area contributed by atoms with Crippen LogP contribution >= 0.6 is 23.2 Å². The molecule has 0 aromatic carbocycles. The quantitative estimate of drug-likeness (QED) is 0.607. The number of halogens is 2. The summed E-state index contributed by atoms with van der Waals surface area (Å²) >= 11 is 11.0. The molecule has 0 aliphatic rings. The lowest BCUT2D eigenvalue weighted by molar-refractivity contribution is 0.622. The Kier molecular flexibility index (Phi) is 6.06. The largest absolute Gasteiger partial charge is 0.312 e. The van der Waals surface area contributed by atoms with Crippen molar-refractivity contribution in [1.82, 2.24) is 5.32 Å². The molecule has 1 nitrogen and oxygen atoms in total. The van der Waals surface area contributed by atoms with Crippen LogP contribution in [0.1, 0.15) is 6.92 Å². The zero-order valence-corrected chi connectivity index (χ0v) is 6.47. The van der Waals surface area contributed by atoms with Gasteiger partial charge in [0.25, 0.3) is 0 Å². The van der Waals surface area contributed by atoms with Gasteiger partial charge in [0.05, 0.1) is 0 Å². The smallest absolute Gasteiger partial charge is 0.0389 e. The van der Waals surface area contributed by atoms with Crippen LogP contribution in [0.4, 0.5) is 0 Å². The van der Waals surface area contributed by atoms with Crippen molar-refractivity contribution in [3.63, 3.8) is 0 Å². The van der Waals surface area contributed by atoms with Crippen LogP contribution < -0.4 is 5.32 Å². The SMILES string of the molecule is CCNC(CCl)CCl. The summed E-state index contributed by atoms with van der Waals surface area (Å²) in [4.78, 5) is 0. The Hall–Kier alpha value is 0.540. The van der Waals surface area contributed by atoms with Crippen molar-refractivity contribution in [2.45, 2.75) is 13.0 Å². The lowest BCUT2D eigenvalue weighted by Crippen LogP contribution is -2.31. The molecule has 0 saturated carbocycles. The topological polar surface area (TPSA) is 12.0 Å². The van der Waals surface area contributed by atoms with E-state index >= 15 is 0 Å². The third-order valence-electron chi connectivity index (χ3n) is 0.865. The third kappa shape index (κ3) is 3.53. The maximum atomic E-state index is 5.50. The van der Waals surface area contributed by atoms with Gasteiger partial charge < -0.3 is 5.32 Å². The van der Waals surface area contributed by atoms with E-state index in [-0.39, 0.29) is 6.04 Å². The van der Waals surface area contributed by atoms with Gasteiger partial charge in [-0.3, -0.25) is 0 Å². The minimum Gasteiger partial charge on any atom is -0.312 e. The van der Waals surface area contributed by atoms with Gasteiger partial charge in [-0.1, -0.05) is 6.92 Å². The van der Waals surface area contributed by atoms with Crippen LogP contribution in [0.3, 0.4) is 0 Å². The minimum absolute atomic E-state index is 0.281. The van der Waals surface area contributed by atoms with Crippen molar-refractivity contribution < 1.29 is 0 Å². The lowest BCUT2D eigenvalue weighted by atomic mass is 10.4. The summed E-state index contributed by atoms with van der Waals surface area (Å²) in [5.41, 5.74) is 0. The molecule has 0 aliphatic carbocycles. The Morgan fingerprint density at radius 1 is 1.38 bits per heavy atom. The Balaban J connectivity index is 3.07. The summed E-state index contributed by atoms with van der Waals surface area (Å²) in [6, 6.07) is 0.281. The Morgan fingerprint density at radius 2 is 1.88 bits per heavy atom. The van der Waals surface area contributed by atoms with Crippen LogP contribution in [0, 0.1) is 0 Å². The average Bonchev–Trinajstić information content (AvgIpc) is 1.83. The second-order valence-electron chi connectivity index (χ2n) is 1.56.